The minimum atomic E-state index is 0.154. The largest absolute Gasteiger partial charge is 0.508 e. The van der Waals surface area contributed by atoms with E-state index < -0.39 is 0 Å². The standard InChI is InChI=1S/C17H12O4/c18-9-16-17(12-3-7-14(20)8-4-12)15(10-21-16)11-1-5-13(19)6-2-11/h1-10,19-20H. The van der Waals surface area contributed by atoms with Crippen molar-refractivity contribution in [3.05, 3.63) is 60.6 Å². The number of hydrogen-bond acceptors (Lipinski definition) is 4. The van der Waals surface area contributed by atoms with Crippen molar-refractivity contribution in [2.45, 2.75) is 0 Å². The fourth-order valence-corrected chi connectivity index (χ4v) is 2.24. The quantitative estimate of drug-likeness (QED) is 0.715. The Hall–Kier alpha value is -3.01. The van der Waals surface area contributed by atoms with Crippen LogP contribution in [-0.2, 0) is 0 Å². The van der Waals surface area contributed by atoms with Gasteiger partial charge < -0.3 is 14.6 Å². The molecule has 0 saturated heterocycles. The molecule has 2 aromatic carbocycles. The Morgan fingerprint density at radius 2 is 1.33 bits per heavy atom. The van der Waals surface area contributed by atoms with Crippen LogP contribution in [0.4, 0.5) is 0 Å². The van der Waals surface area contributed by atoms with Gasteiger partial charge in [0.1, 0.15) is 11.5 Å². The van der Waals surface area contributed by atoms with E-state index in [1.54, 1.807) is 48.5 Å². The van der Waals surface area contributed by atoms with E-state index >= 15 is 0 Å². The van der Waals surface area contributed by atoms with E-state index in [1.807, 2.05) is 0 Å². The molecule has 0 bridgehead atoms. The molecule has 0 unspecified atom stereocenters. The van der Waals surface area contributed by atoms with Crippen LogP contribution < -0.4 is 0 Å². The van der Waals surface area contributed by atoms with Gasteiger partial charge in [0, 0.05) is 11.1 Å². The van der Waals surface area contributed by atoms with Crippen molar-refractivity contribution in [2.75, 3.05) is 0 Å². The van der Waals surface area contributed by atoms with Gasteiger partial charge >= 0.3 is 0 Å². The Kier molecular flexibility index (Phi) is 3.20. The first-order valence-electron chi connectivity index (χ1n) is 6.34. The Morgan fingerprint density at radius 1 is 0.810 bits per heavy atom. The zero-order chi connectivity index (χ0) is 14.8. The number of aromatic hydroxyl groups is 2. The molecule has 0 fully saturated rings. The summed E-state index contributed by atoms with van der Waals surface area (Å²) in [6, 6.07) is 13.2. The van der Waals surface area contributed by atoms with Crippen LogP contribution in [0.15, 0.2) is 59.2 Å². The van der Waals surface area contributed by atoms with E-state index in [0.717, 1.165) is 16.7 Å². The van der Waals surface area contributed by atoms with Crippen LogP contribution in [0.1, 0.15) is 10.6 Å². The van der Waals surface area contributed by atoms with Crippen LogP contribution in [0.25, 0.3) is 22.3 Å². The zero-order valence-electron chi connectivity index (χ0n) is 11.0. The van der Waals surface area contributed by atoms with E-state index in [2.05, 4.69) is 0 Å². The first-order chi connectivity index (χ1) is 10.2. The maximum absolute atomic E-state index is 11.2. The molecule has 0 aliphatic heterocycles. The first kappa shape index (κ1) is 13.0. The van der Waals surface area contributed by atoms with Crippen molar-refractivity contribution in [2.24, 2.45) is 0 Å². The second-order valence-electron chi connectivity index (χ2n) is 4.60. The fraction of sp³-hybridized carbons (Fsp3) is 0. The molecule has 0 aliphatic carbocycles. The number of hydrogen-bond donors (Lipinski definition) is 2. The summed E-state index contributed by atoms with van der Waals surface area (Å²) in [5.41, 5.74) is 3.01. The molecule has 0 amide bonds. The molecule has 0 spiro atoms. The van der Waals surface area contributed by atoms with Gasteiger partial charge in [-0.25, -0.2) is 0 Å². The second kappa shape index (κ2) is 5.17. The molecule has 0 aliphatic rings. The van der Waals surface area contributed by atoms with Crippen LogP contribution in [0.3, 0.4) is 0 Å². The molecule has 1 heterocycles. The van der Waals surface area contributed by atoms with E-state index in [-0.39, 0.29) is 17.3 Å². The normalized spacial score (nSPS) is 10.5. The summed E-state index contributed by atoms with van der Waals surface area (Å²) in [6.45, 7) is 0. The molecule has 1 aromatic heterocycles. The molecule has 3 aromatic rings. The van der Waals surface area contributed by atoms with Crippen LogP contribution in [0, 0.1) is 0 Å². The number of aldehydes is 1. The summed E-state index contributed by atoms with van der Waals surface area (Å²) in [7, 11) is 0. The lowest BCUT2D eigenvalue weighted by atomic mass is 9.97. The monoisotopic (exact) mass is 280 g/mol. The van der Waals surface area contributed by atoms with Gasteiger partial charge in [0.15, 0.2) is 12.0 Å². The van der Waals surface area contributed by atoms with Gasteiger partial charge in [-0.2, -0.15) is 0 Å². The average molecular weight is 280 g/mol. The highest BCUT2D eigenvalue weighted by molar-refractivity contribution is 5.93. The van der Waals surface area contributed by atoms with Crippen molar-refractivity contribution >= 4 is 6.29 Å². The van der Waals surface area contributed by atoms with Gasteiger partial charge in [0.25, 0.3) is 0 Å². The summed E-state index contributed by atoms with van der Waals surface area (Å²) in [4.78, 5) is 11.2. The lowest BCUT2D eigenvalue weighted by Crippen LogP contribution is -1.85. The van der Waals surface area contributed by atoms with E-state index in [0.29, 0.717) is 11.8 Å². The Balaban J connectivity index is 2.18. The smallest absolute Gasteiger partial charge is 0.185 e. The third kappa shape index (κ3) is 2.39. The van der Waals surface area contributed by atoms with Crippen LogP contribution in [0.2, 0.25) is 0 Å². The van der Waals surface area contributed by atoms with Gasteiger partial charge in [-0.15, -0.1) is 0 Å². The Labute approximate surface area is 120 Å². The van der Waals surface area contributed by atoms with Crippen molar-refractivity contribution in [1.29, 1.82) is 0 Å². The summed E-state index contributed by atoms with van der Waals surface area (Å²) in [5.74, 6) is 0.550. The summed E-state index contributed by atoms with van der Waals surface area (Å²) in [5, 5.41) is 18.7. The lowest BCUT2D eigenvalue weighted by molar-refractivity contribution is 0.110. The van der Waals surface area contributed by atoms with Crippen molar-refractivity contribution < 1.29 is 19.4 Å². The number of phenols is 2. The Bertz CT molecular complexity index is 768. The topological polar surface area (TPSA) is 70.7 Å². The van der Waals surface area contributed by atoms with Gasteiger partial charge in [-0.05, 0) is 35.4 Å². The molecule has 0 radical (unpaired) electrons. The highest BCUT2D eigenvalue weighted by Gasteiger charge is 2.16. The maximum Gasteiger partial charge on any atom is 0.185 e. The molecule has 4 heteroatoms. The molecular weight excluding hydrogens is 268 g/mol. The van der Waals surface area contributed by atoms with Gasteiger partial charge in [-0.1, -0.05) is 24.3 Å². The molecule has 4 nitrogen and oxygen atoms in total. The van der Waals surface area contributed by atoms with E-state index in [4.69, 9.17) is 4.42 Å². The minimum absolute atomic E-state index is 0.154. The third-order valence-corrected chi connectivity index (χ3v) is 3.26. The summed E-state index contributed by atoms with van der Waals surface area (Å²) in [6.07, 6.45) is 2.17. The van der Waals surface area contributed by atoms with Crippen LogP contribution in [0.5, 0.6) is 11.5 Å². The summed E-state index contributed by atoms with van der Waals surface area (Å²) >= 11 is 0. The number of benzene rings is 2. The van der Waals surface area contributed by atoms with E-state index in [9.17, 15) is 15.0 Å². The molecule has 2 N–H and O–H groups in total. The SMILES string of the molecule is O=Cc1occ(-c2ccc(O)cc2)c1-c1ccc(O)cc1. The average Bonchev–Trinajstić information content (AvgIpc) is 2.93. The maximum atomic E-state index is 11.2. The number of carbonyl (C=O) groups excluding carboxylic acids is 1. The summed E-state index contributed by atoms with van der Waals surface area (Å²) < 4.78 is 5.32. The number of phenolic OH excluding ortho intramolecular Hbond substituents is 2. The van der Waals surface area contributed by atoms with Gasteiger partial charge in [0.2, 0.25) is 0 Å². The molecule has 21 heavy (non-hydrogen) atoms. The fourth-order valence-electron chi connectivity index (χ4n) is 2.24. The highest BCUT2D eigenvalue weighted by atomic mass is 16.3. The highest BCUT2D eigenvalue weighted by Crippen LogP contribution is 2.37. The predicted molar refractivity (Wildman–Crippen MR) is 78.3 cm³/mol. The number of furan rings is 1. The predicted octanol–water partition coefficient (Wildman–Crippen LogP) is 3.84. The Morgan fingerprint density at radius 3 is 1.86 bits per heavy atom. The van der Waals surface area contributed by atoms with E-state index in [1.165, 1.54) is 6.26 Å². The van der Waals surface area contributed by atoms with Crippen molar-refractivity contribution in [3.63, 3.8) is 0 Å². The molecule has 3 rings (SSSR count). The zero-order valence-corrected chi connectivity index (χ0v) is 11.0. The minimum Gasteiger partial charge on any atom is -0.508 e. The molecule has 0 atom stereocenters. The molecule has 104 valence electrons. The van der Waals surface area contributed by atoms with Crippen molar-refractivity contribution in [3.8, 4) is 33.8 Å². The second-order valence-corrected chi connectivity index (χ2v) is 4.60. The van der Waals surface area contributed by atoms with Crippen LogP contribution >= 0.6 is 0 Å². The molecular formula is C17H12O4. The third-order valence-electron chi connectivity index (χ3n) is 3.26. The number of carbonyl (C=O) groups is 1. The van der Waals surface area contributed by atoms with Gasteiger partial charge in [0.05, 0.1) is 6.26 Å². The number of rotatable bonds is 3. The van der Waals surface area contributed by atoms with Crippen LogP contribution in [-0.4, -0.2) is 16.5 Å². The van der Waals surface area contributed by atoms with Crippen molar-refractivity contribution in [1.82, 2.24) is 0 Å². The van der Waals surface area contributed by atoms with Gasteiger partial charge in [-0.3, -0.25) is 4.79 Å². The molecule has 0 saturated carbocycles. The first-order valence-corrected chi connectivity index (χ1v) is 6.34. The lowest BCUT2D eigenvalue weighted by Gasteiger charge is -2.05.